The summed E-state index contributed by atoms with van der Waals surface area (Å²) in [5, 5.41) is 11.5. The van der Waals surface area contributed by atoms with Crippen molar-refractivity contribution in [3.05, 3.63) is 35.9 Å². The minimum atomic E-state index is -0.985. The van der Waals surface area contributed by atoms with Gasteiger partial charge in [0.05, 0.1) is 0 Å². The first-order valence-electron chi connectivity index (χ1n) is 7.44. The molecule has 1 amide bonds. The van der Waals surface area contributed by atoms with Crippen LogP contribution in [0.25, 0.3) is 6.08 Å². The van der Waals surface area contributed by atoms with Gasteiger partial charge in [0.25, 0.3) is 0 Å². The molecule has 4 heteroatoms. The normalized spacial score (nSPS) is 15.4. The summed E-state index contributed by atoms with van der Waals surface area (Å²) in [6.07, 6.45) is 9.21. The van der Waals surface area contributed by atoms with Crippen molar-refractivity contribution < 1.29 is 14.7 Å². The average molecular weight is 287 g/mol. The number of hydrogen-bond acceptors (Lipinski definition) is 2. The first-order valence-corrected chi connectivity index (χ1v) is 7.44. The maximum atomic E-state index is 11.9. The summed E-state index contributed by atoms with van der Waals surface area (Å²) in [6, 6.07) is 7.18. The molecule has 2 N–H and O–H groups in total. The van der Waals surface area contributed by atoms with E-state index in [-0.39, 0.29) is 5.91 Å². The minimum Gasteiger partial charge on any atom is -0.478 e. The lowest BCUT2D eigenvalue weighted by molar-refractivity contribution is -0.131. The van der Waals surface area contributed by atoms with Crippen LogP contribution in [-0.4, -0.2) is 17.0 Å². The lowest BCUT2D eigenvalue weighted by Gasteiger charge is -2.09. The van der Waals surface area contributed by atoms with Gasteiger partial charge in [0, 0.05) is 18.2 Å². The summed E-state index contributed by atoms with van der Waals surface area (Å²) in [5.41, 5.74) is 1.46. The van der Waals surface area contributed by atoms with Crippen molar-refractivity contribution >= 4 is 23.6 Å². The summed E-state index contributed by atoms with van der Waals surface area (Å²) in [5.74, 6) is -0.247. The van der Waals surface area contributed by atoms with Crippen molar-refractivity contribution in [1.82, 2.24) is 0 Å². The van der Waals surface area contributed by atoms with Crippen LogP contribution in [0.5, 0.6) is 0 Å². The Balaban J connectivity index is 1.85. The van der Waals surface area contributed by atoms with E-state index < -0.39 is 5.97 Å². The molecule has 2 rings (SSSR count). The van der Waals surface area contributed by atoms with Crippen LogP contribution >= 0.6 is 0 Å². The lowest BCUT2D eigenvalue weighted by atomic mass is 10.0. The second-order valence-electron chi connectivity index (χ2n) is 5.53. The van der Waals surface area contributed by atoms with Crippen LogP contribution in [0.15, 0.2) is 30.3 Å². The van der Waals surface area contributed by atoms with Crippen LogP contribution in [0.2, 0.25) is 0 Å². The molecule has 4 nitrogen and oxygen atoms in total. The largest absolute Gasteiger partial charge is 0.478 e. The van der Waals surface area contributed by atoms with Crippen LogP contribution in [0.4, 0.5) is 5.69 Å². The molecule has 21 heavy (non-hydrogen) atoms. The Morgan fingerprint density at radius 2 is 2.05 bits per heavy atom. The van der Waals surface area contributed by atoms with Crippen molar-refractivity contribution in [2.24, 2.45) is 5.92 Å². The molecule has 1 aliphatic carbocycles. The van der Waals surface area contributed by atoms with Crippen molar-refractivity contribution in [3.8, 4) is 0 Å². The third-order valence-corrected chi connectivity index (χ3v) is 3.84. The fourth-order valence-electron chi connectivity index (χ4n) is 2.75. The van der Waals surface area contributed by atoms with Gasteiger partial charge in [0.2, 0.25) is 5.91 Å². The summed E-state index contributed by atoms with van der Waals surface area (Å²) in [7, 11) is 0. The van der Waals surface area contributed by atoms with E-state index in [0.717, 1.165) is 18.1 Å². The molecule has 0 saturated heterocycles. The number of carboxylic acid groups (broad SMARTS) is 1. The van der Waals surface area contributed by atoms with Crippen LogP contribution < -0.4 is 5.32 Å². The molecule has 112 valence electrons. The fraction of sp³-hybridized carbons (Fsp3) is 0.412. The SMILES string of the molecule is O=C(O)C=Cc1cccc(NC(=O)CCC2CCCC2)c1. The number of carbonyl (C=O) groups is 2. The smallest absolute Gasteiger partial charge is 0.328 e. The van der Waals surface area contributed by atoms with E-state index in [1.807, 2.05) is 6.07 Å². The zero-order valence-electron chi connectivity index (χ0n) is 12.0. The highest BCUT2D eigenvalue weighted by Crippen LogP contribution is 2.28. The van der Waals surface area contributed by atoms with Gasteiger partial charge >= 0.3 is 5.97 Å². The number of carboxylic acids is 1. The molecule has 1 aliphatic rings. The molecule has 1 fully saturated rings. The van der Waals surface area contributed by atoms with Crippen LogP contribution in [0, 0.1) is 5.92 Å². The van der Waals surface area contributed by atoms with Gasteiger partial charge in [-0.05, 0) is 36.1 Å². The van der Waals surface area contributed by atoms with E-state index in [2.05, 4.69) is 5.32 Å². The Morgan fingerprint density at radius 1 is 1.29 bits per heavy atom. The van der Waals surface area contributed by atoms with E-state index in [1.54, 1.807) is 18.2 Å². The topological polar surface area (TPSA) is 66.4 Å². The standard InChI is InChI=1S/C17H21NO3/c19-16(10-8-13-4-1-2-5-13)18-15-7-3-6-14(12-15)9-11-17(20)21/h3,6-7,9,11-13H,1-2,4-5,8,10H2,(H,18,19)(H,20,21). The Labute approximate surface area is 124 Å². The number of rotatable bonds is 6. The van der Waals surface area contributed by atoms with Gasteiger partial charge in [-0.1, -0.05) is 37.8 Å². The quantitative estimate of drug-likeness (QED) is 0.784. The number of hydrogen-bond donors (Lipinski definition) is 2. The highest BCUT2D eigenvalue weighted by atomic mass is 16.4. The van der Waals surface area contributed by atoms with Crippen molar-refractivity contribution in [2.75, 3.05) is 5.32 Å². The Kier molecular flexibility index (Phi) is 5.55. The van der Waals surface area contributed by atoms with Crippen LogP contribution in [-0.2, 0) is 9.59 Å². The predicted molar refractivity (Wildman–Crippen MR) is 82.9 cm³/mol. The van der Waals surface area contributed by atoms with Gasteiger partial charge in [-0.2, -0.15) is 0 Å². The molecular weight excluding hydrogens is 266 g/mol. The number of carbonyl (C=O) groups excluding carboxylic acids is 1. The van der Waals surface area contributed by atoms with Gasteiger partial charge in [-0.3, -0.25) is 4.79 Å². The van der Waals surface area contributed by atoms with E-state index in [0.29, 0.717) is 18.0 Å². The number of benzene rings is 1. The number of aliphatic carboxylic acids is 1. The van der Waals surface area contributed by atoms with E-state index >= 15 is 0 Å². The molecule has 0 atom stereocenters. The second-order valence-corrected chi connectivity index (χ2v) is 5.53. The van der Waals surface area contributed by atoms with E-state index in [4.69, 9.17) is 5.11 Å². The van der Waals surface area contributed by atoms with E-state index in [1.165, 1.54) is 31.8 Å². The molecule has 1 saturated carbocycles. The molecule has 1 aromatic carbocycles. The molecule has 0 unspecified atom stereocenters. The summed E-state index contributed by atoms with van der Waals surface area (Å²) in [6.45, 7) is 0. The monoisotopic (exact) mass is 287 g/mol. The third kappa shape index (κ3) is 5.42. The summed E-state index contributed by atoms with van der Waals surface area (Å²) in [4.78, 5) is 22.4. The molecule has 0 radical (unpaired) electrons. The highest BCUT2D eigenvalue weighted by molar-refractivity contribution is 5.91. The van der Waals surface area contributed by atoms with Gasteiger partial charge in [-0.25, -0.2) is 4.79 Å². The first kappa shape index (κ1) is 15.3. The Hall–Kier alpha value is -2.10. The van der Waals surface area contributed by atoms with Crippen molar-refractivity contribution in [3.63, 3.8) is 0 Å². The predicted octanol–water partition coefficient (Wildman–Crippen LogP) is 3.69. The molecule has 0 aromatic heterocycles. The number of anilines is 1. The zero-order chi connectivity index (χ0) is 15.1. The fourth-order valence-corrected chi connectivity index (χ4v) is 2.75. The maximum absolute atomic E-state index is 11.9. The highest BCUT2D eigenvalue weighted by Gasteiger charge is 2.16. The Morgan fingerprint density at radius 3 is 2.76 bits per heavy atom. The molecule has 0 aliphatic heterocycles. The van der Waals surface area contributed by atoms with Crippen molar-refractivity contribution in [1.29, 1.82) is 0 Å². The number of amides is 1. The molecule has 1 aromatic rings. The van der Waals surface area contributed by atoms with Crippen molar-refractivity contribution in [2.45, 2.75) is 38.5 Å². The van der Waals surface area contributed by atoms with Gasteiger partial charge in [-0.15, -0.1) is 0 Å². The number of nitrogens with one attached hydrogen (secondary N) is 1. The zero-order valence-corrected chi connectivity index (χ0v) is 12.0. The summed E-state index contributed by atoms with van der Waals surface area (Å²) >= 11 is 0. The molecule has 0 bridgehead atoms. The minimum absolute atomic E-state index is 0.0289. The van der Waals surface area contributed by atoms with Gasteiger partial charge < -0.3 is 10.4 Å². The van der Waals surface area contributed by atoms with Crippen LogP contribution in [0.1, 0.15) is 44.1 Å². The summed E-state index contributed by atoms with van der Waals surface area (Å²) < 4.78 is 0. The third-order valence-electron chi connectivity index (χ3n) is 3.84. The molecular formula is C17H21NO3. The average Bonchev–Trinajstić information content (AvgIpc) is 2.97. The lowest BCUT2D eigenvalue weighted by Crippen LogP contribution is -2.12. The second kappa shape index (κ2) is 7.62. The van der Waals surface area contributed by atoms with Gasteiger partial charge in [0.15, 0.2) is 0 Å². The molecule has 0 spiro atoms. The van der Waals surface area contributed by atoms with Gasteiger partial charge in [0.1, 0.15) is 0 Å². The maximum Gasteiger partial charge on any atom is 0.328 e. The molecule has 0 heterocycles. The van der Waals surface area contributed by atoms with E-state index in [9.17, 15) is 9.59 Å². The Bertz CT molecular complexity index is 531. The van der Waals surface area contributed by atoms with Crippen LogP contribution in [0.3, 0.4) is 0 Å². The first-order chi connectivity index (χ1) is 10.1.